The minimum atomic E-state index is -0.0903. The van der Waals surface area contributed by atoms with Crippen LogP contribution in [-0.2, 0) is 6.42 Å². The molecular formula is C19H24N4O2. The maximum atomic E-state index is 12.1. The van der Waals surface area contributed by atoms with Crippen molar-refractivity contribution in [1.82, 2.24) is 19.7 Å². The molecule has 4 rings (SSSR count). The third-order valence-electron chi connectivity index (χ3n) is 5.20. The third-order valence-corrected chi connectivity index (χ3v) is 5.20. The van der Waals surface area contributed by atoms with Gasteiger partial charge in [-0.2, -0.15) is 4.98 Å². The Bertz CT molecular complexity index is 928. The molecule has 0 radical (unpaired) electrons. The van der Waals surface area contributed by atoms with E-state index in [-0.39, 0.29) is 11.7 Å². The molecule has 25 heavy (non-hydrogen) atoms. The second kappa shape index (κ2) is 6.50. The van der Waals surface area contributed by atoms with Crippen molar-refractivity contribution in [2.24, 2.45) is 5.92 Å². The van der Waals surface area contributed by atoms with Gasteiger partial charge in [0.05, 0.1) is 11.0 Å². The van der Waals surface area contributed by atoms with Crippen molar-refractivity contribution >= 4 is 11.0 Å². The summed E-state index contributed by atoms with van der Waals surface area (Å²) in [5.41, 5.74) is 2.47. The largest absolute Gasteiger partial charge is 0.339 e. The standard InChI is InChI=1S/C19H24N4O2/c1-12(2)23-16-9-8-14(11-15(16)20-19(23)24)18-21-17(25-22-18)10-7-13-5-3-4-6-13/h8-9,11-13H,3-7,10H2,1-2H3,(H,20,24). The van der Waals surface area contributed by atoms with Crippen LogP contribution >= 0.6 is 0 Å². The first-order valence-electron chi connectivity index (χ1n) is 9.19. The van der Waals surface area contributed by atoms with E-state index in [1.54, 1.807) is 4.57 Å². The molecule has 1 fully saturated rings. The van der Waals surface area contributed by atoms with Crippen LogP contribution in [0.5, 0.6) is 0 Å². The zero-order valence-corrected chi connectivity index (χ0v) is 14.8. The van der Waals surface area contributed by atoms with E-state index in [1.165, 1.54) is 25.7 Å². The number of aromatic amines is 1. The highest BCUT2D eigenvalue weighted by Gasteiger charge is 2.17. The summed E-state index contributed by atoms with van der Waals surface area (Å²) in [5, 5.41) is 4.12. The van der Waals surface area contributed by atoms with Crippen molar-refractivity contribution in [1.29, 1.82) is 0 Å². The molecule has 0 bridgehead atoms. The summed E-state index contributed by atoms with van der Waals surface area (Å²) in [6.07, 6.45) is 7.35. The van der Waals surface area contributed by atoms with Crippen LogP contribution in [0.2, 0.25) is 0 Å². The Kier molecular flexibility index (Phi) is 4.19. The number of nitrogens with one attached hydrogen (secondary N) is 1. The fourth-order valence-electron chi connectivity index (χ4n) is 3.88. The van der Waals surface area contributed by atoms with E-state index in [2.05, 4.69) is 15.1 Å². The molecule has 2 aromatic heterocycles. The van der Waals surface area contributed by atoms with Crippen LogP contribution in [0.3, 0.4) is 0 Å². The van der Waals surface area contributed by atoms with E-state index >= 15 is 0 Å². The van der Waals surface area contributed by atoms with Crippen LogP contribution in [0.4, 0.5) is 0 Å². The molecule has 6 nitrogen and oxygen atoms in total. The van der Waals surface area contributed by atoms with Gasteiger partial charge in [-0.05, 0) is 44.4 Å². The second-order valence-electron chi connectivity index (χ2n) is 7.33. The minimum absolute atomic E-state index is 0.0903. The molecule has 1 N–H and O–H groups in total. The molecular weight excluding hydrogens is 316 g/mol. The van der Waals surface area contributed by atoms with Gasteiger partial charge < -0.3 is 9.51 Å². The molecule has 0 atom stereocenters. The van der Waals surface area contributed by atoms with Gasteiger partial charge in [-0.3, -0.25) is 4.57 Å². The molecule has 2 heterocycles. The Morgan fingerprint density at radius 2 is 2.12 bits per heavy atom. The lowest BCUT2D eigenvalue weighted by Crippen LogP contribution is -2.18. The van der Waals surface area contributed by atoms with E-state index in [4.69, 9.17) is 4.52 Å². The predicted molar refractivity (Wildman–Crippen MR) is 96.5 cm³/mol. The number of aromatic nitrogens is 4. The van der Waals surface area contributed by atoms with Crippen LogP contribution in [0.25, 0.3) is 22.4 Å². The fourth-order valence-corrected chi connectivity index (χ4v) is 3.88. The number of benzene rings is 1. The summed E-state index contributed by atoms with van der Waals surface area (Å²) < 4.78 is 7.17. The Balaban J connectivity index is 1.56. The summed E-state index contributed by atoms with van der Waals surface area (Å²) in [6, 6.07) is 5.91. The molecule has 132 valence electrons. The number of hydrogen-bond donors (Lipinski definition) is 1. The van der Waals surface area contributed by atoms with Crippen molar-refractivity contribution in [3.05, 3.63) is 34.6 Å². The summed E-state index contributed by atoms with van der Waals surface area (Å²) >= 11 is 0. The van der Waals surface area contributed by atoms with Crippen molar-refractivity contribution in [2.45, 2.75) is 58.4 Å². The molecule has 0 amide bonds. The lowest BCUT2D eigenvalue weighted by atomic mass is 10.0. The third kappa shape index (κ3) is 3.13. The predicted octanol–water partition coefficient (Wildman–Crippen LogP) is 4.08. The highest BCUT2D eigenvalue weighted by molar-refractivity contribution is 5.80. The van der Waals surface area contributed by atoms with Gasteiger partial charge >= 0.3 is 5.69 Å². The number of aryl methyl sites for hydroxylation is 1. The highest BCUT2D eigenvalue weighted by atomic mass is 16.5. The number of rotatable bonds is 5. The van der Waals surface area contributed by atoms with Crippen LogP contribution < -0.4 is 5.69 Å². The van der Waals surface area contributed by atoms with Crippen LogP contribution in [0.1, 0.15) is 57.9 Å². The maximum absolute atomic E-state index is 12.1. The lowest BCUT2D eigenvalue weighted by Gasteiger charge is -2.06. The smallest absolute Gasteiger partial charge is 0.326 e. The van der Waals surface area contributed by atoms with E-state index < -0.39 is 0 Å². The SMILES string of the molecule is CC(C)n1c(=O)[nH]c2cc(-c3noc(CCC4CCCC4)n3)ccc21. The molecule has 0 unspecified atom stereocenters. The Morgan fingerprint density at radius 1 is 1.32 bits per heavy atom. The van der Waals surface area contributed by atoms with Crippen molar-refractivity contribution < 1.29 is 4.52 Å². The van der Waals surface area contributed by atoms with Gasteiger partial charge in [0, 0.05) is 18.0 Å². The first-order chi connectivity index (χ1) is 12.1. The Morgan fingerprint density at radius 3 is 2.88 bits per heavy atom. The maximum Gasteiger partial charge on any atom is 0.326 e. The molecule has 1 saturated carbocycles. The van der Waals surface area contributed by atoms with Gasteiger partial charge in [-0.25, -0.2) is 4.79 Å². The van der Waals surface area contributed by atoms with E-state index in [9.17, 15) is 4.79 Å². The van der Waals surface area contributed by atoms with Crippen molar-refractivity contribution in [3.63, 3.8) is 0 Å². The van der Waals surface area contributed by atoms with Gasteiger partial charge in [0.25, 0.3) is 0 Å². The van der Waals surface area contributed by atoms with Crippen molar-refractivity contribution in [3.8, 4) is 11.4 Å². The van der Waals surface area contributed by atoms with Crippen LogP contribution in [0.15, 0.2) is 27.5 Å². The molecule has 0 aliphatic heterocycles. The molecule has 1 aromatic carbocycles. The number of hydrogen-bond acceptors (Lipinski definition) is 4. The number of imidazole rings is 1. The zero-order valence-electron chi connectivity index (χ0n) is 14.8. The average Bonchev–Trinajstić information content (AvgIpc) is 3.31. The minimum Gasteiger partial charge on any atom is -0.339 e. The van der Waals surface area contributed by atoms with E-state index in [1.807, 2.05) is 32.0 Å². The summed E-state index contributed by atoms with van der Waals surface area (Å²) in [7, 11) is 0. The van der Waals surface area contributed by atoms with Gasteiger partial charge in [0.1, 0.15) is 0 Å². The Labute approximate surface area is 146 Å². The first kappa shape index (κ1) is 16.1. The first-order valence-corrected chi connectivity index (χ1v) is 9.19. The zero-order chi connectivity index (χ0) is 17.4. The molecule has 1 aliphatic rings. The molecule has 0 spiro atoms. The Hall–Kier alpha value is -2.37. The van der Waals surface area contributed by atoms with Crippen molar-refractivity contribution in [2.75, 3.05) is 0 Å². The summed E-state index contributed by atoms with van der Waals surface area (Å²) in [6.45, 7) is 4.00. The monoisotopic (exact) mass is 340 g/mol. The van der Waals surface area contributed by atoms with Gasteiger partial charge in [-0.15, -0.1) is 0 Å². The molecule has 1 aliphatic carbocycles. The molecule has 3 aromatic rings. The quantitative estimate of drug-likeness (QED) is 0.759. The number of H-pyrrole nitrogens is 1. The van der Waals surface area contributed by atoms with Gasteiger partial charge in [-0.1, -0.05) is 30.8 Å². The number of nitrogens with zero attached hydrogens (tertiary/aromatic N) is 3. The summed E-state index contributed by atoms with van der Waals surface area (Å²) in [5.74, 6) is 2.10. The highest BCUT2D eigenvalue weighted by Crippen LogP contribution is 2.29. The number of fused-ring (bicyclic) bond motifs is 1. The van der Waals surface area contributed by atoms with Gasteiger partial charge in [0.15, 0.2) is 0 Å². The fraction of sp³-hybridized carbons (Fsp3) is 0.526. The molecule has 6 heteroatoms. The van der Waals surface area contributed by atoms with E-state index in [0.717, 1.165) is 35.4 Å². The van der Waals surface area contributed by atoms with Gasteiger partial charge in [0.2, 0.25) is 11.7 Å². The topological polar surface area (TPSA) is 76.7 Å². The summed E-state index contributed by atoms with van der Waals surface area (Å²) in [4.78, 5) is 19.5. The normalized spacial score (nSPS) is 15.6. The molecule has 0 saturated heterocycles. The van der Waals surface area contributed by atoms with Crippen LogP contribution in [-0.4, -0.2) is 19.7 Å². The van der Waals surface area contributed by atoms with E-state index in [0.29, 0.717) is 11.7 Å². The van der Waals surface area contributed by atoms with Crippen LogP contribution in [0, 0.1) is 5.92 Å². The lowest BCUT2D eigenvalue weighted by molar-refractivity contribution is 0.362. The average molecular weight is 340 g/mol. The second-order valence-corrected chi connectivity index (χ2v) is 7.33.